The fraction of sp³-hybridized carbons (Fsp3) is 0. The molecular weight excluding hydrogens is 625 g/mol. The second-order valence-electron chi connectivity index (χ2n) is 13.0. The maximum Gasteiger partial charge on any atom is 0.137 e. The minimum Gasteiger partial charge on any atom is -0.456 e. The lowest BCUT2D eigenvalue weighted by Gasteiger charge is -2.10. The van der Waals surface area contributed by atoms with Gasteiger partial charge in [-0.3, -0.25) is 9.97 Å². The van der Waals surface area contributed by atoms with Crippen molar-refractivity contribution in [1.82, 2.24) is 19.1 Å². The summed E-state index contributed by atoms with van der Waals surface area (Å²) >= 11 is 0. The van der Waals surface area contributed by atoms with Crippen LogP contribution < -0.4 is 0 Å². The summed E-state index contributed by atoms with van der Waals surface area (Å²) in [5.74, 6) is 0. The normalized spacial score (nSPS) is 11.9. The molecule has 7 aromatic carbocycles. The molecule has 0 aliphatic carbocycles. The van der Waals surface area contributed by atoms with Gasteiger partial charge in [-0.2, -0.15) is 0 Å². The lowest BCUT2D eigenvalue weighted by atomic mass is 10.0. The van der Waals surface area contributed by atoms with Gasteiger partial charge in [0.25, 0.3) is 0 Å². The number of benzene rings is 7. The predicted octanol–water partition coefficient (Wildman–Crippen LogP) is 11.9. The molecule has 0 aliphatic heterocycles. The van der Waals surface area contributed by atoms with Gasteiger partial charge in [-0.25, -0.2) is 0 Å². The number of fused-ring (bicyclic) bond motifs is 10. The molecule has 0 saturated heterocycles. The molecule has 0 aliphatic rings. The van der Waals surface area contributed by atoms with Crippen molar-refractivity contribution in [3.8, 4) is 33.9 Å². The largest absolute Gasteiger partial charge is 0.456 e. The van der Waals surface area contributed by atoms with Crippen LogP contribution in [0.1, 0.15) is 0 Å². The van der Waals surface area contributed by atoms with E-state index in [0.29, 0.717) is 0 Å². The summed E-state index contributed by atoms with van der Waals surface area (Å²) in [4.78, 5) is 9.70. The summed E-state index contributed by atoms with van der Waals surface area (Å²) in [5.41, 5.74) is 12.2. The van der Waals surface area contributed by atoms with Gasteiger partial charge in [-0.1, -0.05) is 97.1 Å². The fourth-order valence-electron chi connectivity index (χ4n) is 7.95. The molecule has 0 N–H and O–H groups in total. The van der Waals surface area contributed by atoms with E-state index in [1.54, 1.807) is 0 Å². The summed E-state index contributed by atoms with van der Waals surface area (Å²) in [6.45, 7) is 0. The SMILES string of the molecule is c1ccc(-c2cnc(-c3ccc4c5c6c7ccccc7n(-c7ccccc7)c6ccc5n(-c5ccc6c(c5)oc5ccccc56)c4c3)cn2)cc1. The Bertz CT molecular complexity index is 3120. The van der Waals surface area contributed by atoms with E-state index >= 15 is 0 Å². The molecule has 51 heavy (non-hydrogen) atoms. The molecule has 0 atom stereocenters. The van der Waals surface area contributed by atoms with Gasteiger partial charge < -0.3 is 13.6 Å². The van der Waals surface area contributed by atoms with Crippen LogP contribution in [0, 0.1) is 0 Å². The zero-order chi connectivity index (χ0) is 33.5. The van der Waals surface area contributed by atoms with Crippen molar-refractivity contribution >= 4 is 65.6 Å². The van der Waals surface area contributed by atoms with Gasteiger partial charge in [0.1, 0.15) is 11.2 Å². The summed E-state index contributed by atoms with van der Waals surface area (Å²) < 4.78 is 11.2. The van der Waals surface area contributed by atoms with Crippen LogP contribution in [-0.4, -0.2) is 19.1 Å². The molecule has 11 rings (SSSR count). The molecule has 238 valence electrons. The molecule has 0 fully saturated rings. The minimum atomic E-state index is 0.826. The highest BCUT2D eigenvalue weighted by atomic mass is 16.3. The topological polar surface area (TPSA) is 48.8 Å². The van der Waals surface area contributed by atoms with Crippen LogP contribution in [0.5, 0.6) is 0 Å². The van der Waals surface area contributed by atoms with Crippen LogP contribution in [0.3, 0.4) is 0 Å². The lowest BCUT2D eigenvalue weighted by Crippen LogP contribution is -1.95. The quantitative estimate of drug-likeness (QED) is 0.190. The molecule has 0 bridgehead atoms. The average Bonchev–Trinajstić information content (AvgIpc) is 3.85. The molecule has 11 aromatic rings. The average molecular weight is 653 g/mol. The van der Waals surface area contributed by atoms with Crippen molar-refractivity contribution in [2.75, 3.05) is 0 Å². The molecule has 0 amide bonds. The molecule has 4 heterocycles. The van der Waals surface area contributed by atoms with E-state index in [1.165, 1.54) is 32.6 Å². The molecular formula is C46H28N4O. The standard InChI is InChI=1S/C46H28N4O/c1-3-11-29(12-4-1)37-27-48-38(28-47-37)30-19-21-36-42(25-30)50(32-20-22-34-33-15-8-10-18-43(33)51-44(34)26-32)41-24-23-40-45(46(36)41)35-16-7-9-17-39(35)49(40)31-13-5-2-6-14-31/h1-28H. The van der Waals surface area contributed by atoms with Gasteiger partial charge in [-0.15, -0.1) is 0 Å². The molecule has 0 spiro atoms. The highest BCUT2D eigenvalue weighted by Gasteiger charge is 2.21. The first-order chi connectivity index (χ1) is 25.3. The summed E-state index contributed by atoms with van der Waals surface area (Å²) in [7, 11) is 0. The first kappa shape index (κ1) is 27.9. The third kappa shape index (κ3) is 4.15. The van der Waals surface area contributed by atoms with E-state index in [-0.39, 0.29) is 0 Å². The number of hydrogen-bond acceptors (Lipinski definition) is 3. The zero-order valence-corrected chi connectivity index (χ0v) is 27.4. The first-order valence-corrected chi connectivity index (χ1v) is 17.2. The second-order valence-corrected chi connectivity index (χ2v) is 13.0. The molecule has 5 heteroatoms. The number of hydrogen-bond donors (Lipinski definition) is 0. The van der Waals surface area contributed by atoms with Gasteiger partial charge in [0, 0.05) is 60.9 Å². The Morgan fingerprint density at radius 2 is 0.961 bits per heavy atom. The van der Waals surface area contributed by atoms with E-state index < -0.39 is 0 Å². The highest BCUT2D eigenvalue weighted by Crippen LogP contribution is 2.43. The van der Waals surface area contributed by atoms with Crippen molar-refractivity contribution in [3.63, 3.8) is 0 Å². The molecule has 0 saturated carbocycles. The van der Waals surface area contributed by atoms with Gasteiger partial charge in [0.15, 0.2) is 0 Å². The summed E-state index contributed by atoms with van der Waals surface area (Å²) in [5, 5.41) is 7.08. The van der Waals surface area contributed by atoms with E-state index in [4.69, 9.17) is 14.4 Å². The van der Waals surface area contributed by atoms with Gasteiger partial charge in [0.2, 0.25) is 0 Å². The Labute approximate surface area is 292 Å². The fourth-order valence-corrected chi connectivity index (χ4v) is 7.95. The minimum absolute atomic E-state index is 0.826. The van der Waals surface area contributed by atoms with Crippen LogP contribution in [-0.2, 0) is 0 Å². The Morgan fingerprint density at radius 3 is 1.73 bits per heavy atom. The zero-order valence-electron chi connectivity index (χ0n) is 27.4. The number of rotatable bonds is 4. The molecule has 0 radical (unpaired) electrons. The molecule has 5 nitrogen and oxygen atoms in total. The van der Waals surface area contributed by atoms with E-state index in [0.717, 1.165) is 66.9 Å². The van der Waals surface area contributed by atoms with Crippen LogP contribution in [0.25, 0.3) is 99.4 Å². The van der Waals surface area contributed by atoms with Crippen molar-refractivity contribution < 1.29 is 4.42 Å². The smallest absolute Gasteiger partial charge is 0.137 e. The van der Waals surface area contributed by atoms with Crippen LogP contribution in [0.4, 0.5) is 0 Å². The summed E-state index contributed by atoms with van der Waals surface area (Å²) in [6, 6.07) is 55.6. The van der Waals surface area contributed by atoms with Crippen molar-refractivity contribution in [2.24, 2.45) is 0 Å². The van der Waals surface area contributed by atoms with Gasteiger partial charge in [0.05, 0.1) is 45.8 Å². The first-order valence-electron chi connectivity index (χ1n) is 17.2. The number of para-hydroxylation sites is 3. The third-order valence-corrected chi connectivity index (χ3v) is 10.2. The van der Waals surface area contributed by atoms with Crippen molar-refractivity contribution in [1.29, 1.82) is 0 Å². The monoisotopic (exact) mass is 652 g/mol. The van der Waals surface area contributed by atoms with Crippen molar-refractivity contribution in [2.45, 2.75) is 0 Å². The molecule has 0 unspecified atom stereocenters. The van der Waals surface area contributed by atoms with E-state index in [9.17, 15) is 0 Å². The Kier molecular flexibility index (Phi) is 5.89. The lowest BCUT2D eigenvalue weighted by molar-refractivity contribution is 0.668. The van der Waals surface area contributed by atoms with E-state index in [1.807, 2.05) is 42.7 Å². The van der Waals surface area contributed by atoms with Crippen LogP contribution in [0.2, 0.25) is 0 Å². The Morgan fingerprint density at radius 1 is 0.373 bits per heavy atom. The third-order valence-electron chi connectivity index (χ3n) is 10.2. The maximum absolute atomic E-state index is 6.40. The Hall–Kier alpha value is -6.98. The predicted molar refractivity (Wildman–Crippen MR) is 209 cm³/mol. The van der Waals surface area contributed by atoms with Gasteiger partial charge >= 0.3 is 0 Å². The van der Waals surface area contributed by atoms with E-state index in [2.05, 4.69) is 137 Å². The Balaban J connectivity index is 1.21. The highest BCUT2D eigenvalue weighted by molar-refractivity contribution is 6.29. The van der Waals surface area contributed by atoms with Crippen LogP contribution >= 0.6 is 0 Å². The number of furan rings is 1. The number of nitrogens with zero attached hydrogens (tertiary/aromatic N) is 4. The van der Waals surface area contributed by atoms with Gasteiger partial charge in [-0.05, 0) is 54.6 Å². The summed E-state index contributed by atoms with van der Waals surface area (Å²) in [6.07, 6.45) is 3.74. The van der Waals surface area contributed by atoms with Crippen LogP contribution in [0.15, 0.2) is 175 Å². The van der Waals surface area contributed by atoms with Crippen molar-refractivity contribution in [3.05, 3.63) is 170 Å². The molecule has 4 aromatic heterocycles. The maximum atomic E-state index is 6.40. The second kappa shape index (κ2) is 10.8. The number of aromatic nitrogens is 4.